The zero-order valence-electron chi connectivity index (χ0n) is 13.5. The Bertz CT molecular complexity index is 835. The van der Waals surface area contributed by atoms with Gasteiger partial charge in [0.1, 0.15) is 5.75 Å². The molecular weight excluding hydrogens is 451 g/mol. The van der Waals surface area contributed by atoms with Crippen LogP contribution in [0.5, 0.6) is 5.75 Å². The van der Waals surface area contributed by atoms with E-state index in [2.05, 4.69) is 25.8 Å². The number of alkyl halides is 2. The Hall–Kier alpha value is -1.41. The monoisotopic (exact) mass is 465 g/mol. The molecule has 140 valence electrons. The summed E-state index contributed by atoms with van der Waals surface area (Å²) in [5, 5.41) is 2.68. The smallest absolute Gasteiger partial charge is 0.420 e. The number of hydrogen-bond donors (Lipinski definition) is 2. The third-order valence-corrected chi connectivity index (χ3v) is 5.71. The van der Waals surface area contributed by atoms with Crippen LogP contribution in [0.3, 0.4) is 0 Å². The number of carbonyl (C=O) groups excluding carboxylic acids is 1. The molecule has 5 nitrogen and oxygen atoms in total. The van der Waals surface area contributed by atoms with Gasteiger partial charge in [-0.2, -0.15) is 8.78 Å². The van der Waals surface area contributed by atoms with Crippen LogP contribution in [0.1, 0.15) is 12.5 Å². The van der Waals surface area contributed by atoms with Crippen molar-refractivity contribution in [1.82, 2.24) is 0 Å². The highest BCUT2D eigenvalue weighted by atomic mass is 79.9. The molecule has 0 spiro atoms. The largest absolute Gasteiger partial charge is 0.442 e. The maximum absolute atomic E-state index is 12.4. The number of hydrogen-bond acceptors (Lipinski definition) is 4. The van der Waals surface area contributed by atoms with Crippen molar-refractivity contribution in [2.75, 3.05) is 5.32 Å². The standard InChI is InChI=1S/C16H15BrF2NO4PS/c1-10(21)20-12-3-5-13(6-4-12)26-9-11-2-7-15(14(17)8-11)24-25(22,23)16(18)19/h2-8,16H,9H2,1H3,(H,20,21)(H,22,23). The number of thioether (sulfide) groups is 1. The molecule has 1 unspecified atom stereocenters. The summed E-state index contributed by atoms with van der Waals surface area (Å²) in [6, 6.07) is 12.0. The van der Waals surface area contributed by atoms with Crippen LogP contribution in [0, 0.1) is 0 Å². The lowest BCUT2D eigenvalue weighted by atomic mass is 10.2. The number of anilines is 1. The lowest BCUT2D eigenvalue weighted by Crippen LogP contribution is -2.05. The van der Waals surface area contributed by atoms with Crippen LogP contribution >= 0.6 is 35.3 Å². The Morgan fingerprint density at radius 2 is 1.96 bits per heavy atom. The van der Waals surface area contributed by atoms with E-state index in [0.29, 0.717) is 15.9 Å². The molecule has 0 aliphatic rings. The number of nitrogens with one attached hydrogen (secondary N) is 1. The summed E-state index contributed by atoms with van der Waals surface area (Å²) in [4.78, 5) is 21.1. The van der Waals surface area contributed by atoms with E-state index in [9.17, 15) is 18.1 Å². The molecule has 0 aliphatic heterocycles. The van der Waals surface area contributed by atoms with Gasteiger partial charge < -0.3 is 14.7 Å². The van der Waals surface area contributed by atoms with Crippen molar-refractivity contribution in [2.24, 2.45) is 0 Å². The number of benzene rings is 2. The second kappa shape index (κ2) is 8.99. The van der Waals surface area contributed by atoms with Crippen molar-refractivity contribution in [3.63, 3.8) is 0 Å². The van der Waals surface area contributed by atoms with Gasteiger partial charge in [-0.25, -0.2) is 4.57 Å². The molecular formula is C16H15BrF2NO4PS. The van der Waals surface area contributed by atoms with Crippen LogP contribution in [0.4, 0.5) is 14.5 Å². The highest BCUT2D eigenvalue weighted by Crippen LogP contribution is 2.50. The number of amides is 1. The molecule has 2 aromatic carbocycles. The van der Waals surface area contributed by atoms with E-state index in [-0.39, 0.29) is 11.7 Å². The summed E-state index contributed by atoms with van der Waals surface area (Å²) in [7, 11) is -5.01. The molecule has 0 aromatic heterocycles. The van der Waals surface area contributed by atoms with Gasteiger partial charge in [0.25, 0.3) is 0 Å². The molecule has 0 fully saturated rings. The molecule has 2 N–H and O–H groups in total. The molecule has 26 heavy (non-hydrogen) atoms. The highest BCUT2D eigenvalue weighted by Gasteiger charge is 2.34. The first-order valence-corrected chi connectivity index (χ1v) is 10.7. The van der Waals surface area contributed by atoms with E-state index in [0.717, 1.165) is 10.5 Å². The Balaban J connectivity index is 1.99. The van der Waals surface area contributed by atoms with Gasteiger partial charge >= 0.3 is 13.8 Å². The quantitative estimate of drug-likeness (QED) is 0.417. The van der Waals surface area contributed by atoms with Gasteiger partial charge in [0.2, 0.25) is 5.91 Å². The van der Waals surface area contributed by atoms with Gasteiger partial charge in [0.05, 0.1) is 4.47 Å². The van der Waals surface area contributed by atoms with Crippen molar-refractivity contribution < 1.29 is 27.6 Å². The molecule has 1 atom stereocenters. The van der Waals surface area contributed by atoms with Gasteiger partial charge in [-0.3, -0.25) is 4.79 Å². The Morgan fingerprint density at radius 1 is 1.31 bits per heavy atom. The number of rotatable bonds is 7. The van der Waals surface area contributed by atoms with E-state index in [1.165, 1.54) is 24.8 Å². The first-order chi connectivity index (χ1) is 12.2. The van der Waals surface area contributed by atoms with Gasteiger partial charge in [-0.05, 0) is 57.9 Å². The fraction of sp³-hybridized carbons (Fsp3) is 0.188. The fourth-order valence-corrected chi connectivity index (χ4v) is 3.89. The van der Waals surface area contributed by atoms with E-state index >= 15 is 0 Å². The van der Waals surface area contributed by atoms with Crippen LogP contribution in [0.15, 0.2) is 51.8 Å². The maximum Gasteiger partial charge on any atom is 0.442 e. The molecule has 2 rings (SSSR count). The predicted molar refractivity (Wildman–Crippen MR) is 101 cm³/mol. The molecule has 0 radical (unpaired) electrons. The zero-order chi connectivity index (χ0) is 19.3. The summed E-state index contributed by atoms with van der Waals surface area (Å²) in [5.41, 5.74) is 1.57. The average molecular weight is 466 g/mol. The van der Waals surface area contributed by atoms with E-state index in [4.69, 9.17) is 4.89 Å². The van der Waals surface area contributed by atoms with Gasteiger partial charge in [0.15, 0.2) is 0 Å². The summed E-state index contributed by atoms with van der Waals surface area (Å²) < 4.78 is 41.0. The Labute approximate surface area is 161 Å². The van der Waals surface area contributed by atoms with E-state index < -0.39 is 13.8 Å². The van der Waals surface area contributed by atoms with Crippen LogP contribution in [0.25, 0.3) is 0 Å². The minimum atomic E-state index is -5.01. The van der Waals surface area contributed by atoms with E-state index in [1.54, 1.807) is 24.3 Å². The van der Waals surface area contributed by atoms with Crippen LogP contribution in [-0.4, -0.2) is 17.0 Å². The summed E-state index contributed by atoms with van der Waals surface area (Å²) in [5.74, 6) is 0.325. The molecule has 0 saturated heterocycles. The lowest BCUT2D eigenvalue weighted by Gasteiger charge is -2.14. The molecule has 10 heteroatoms. The second-order valence-corrected chi connectivity index (χ2v) is 8.80. The molecule has 0 heterocycles. The van der Waals surface area contributed by atoms with Crippen molar-refractivity contribution in [1.29, 1.82) is 0 Å². The van der Waals surface area contributed by atoms with Gasteiger partial charge in [-0.15, -0.1) is 11.8 Å². The zero-order valence-corrected chi connectivity index (χ0v) is 16.8. The predicted octanol–water partition coefficient (Wildman–Crippen LogP) is 5.49. The average Bonchev–Trinajstić information content (AvgIpc) is 2.55. The van der Waals surface area contributed by atoms with Crippen molar-refractivity contribution in [2.45, 2.75) is 23.7 Å². The molecule has 0 aliphatic carbocycles. The normalized spacial score (nSPS) is 13.3. The second-order valence-electron chi connectivity index (χ2n) is 5.19. The maximum atomic E-state index is 12.4. The van der Waals surface area contributed by atoms with Gasteiger partial charge in [-0.1, -0.05) is 6.07 Å². The summed E-state index contributed by atoms with van der Waals surface area (Å²) in [6.45, 7) is 1.44. The minimum Gasteiger partial charge on any atom is -0.420 e. The lowest BCUT2D eigenvalue weighted by molar-refractivity contribution is -0.114. The molecule has 2 aromatic rings. The molecule has 0 bridgehead atoms. The van der Waals surface area contributed by atoms with Crippen LogP contribution in [-0.2, 0) is 15.1 Å². The van der Waals surface area contributed by atoms with Crippen molar-refractivity contribution >= 4 is 46.9 Å². The number of halogens is 3. The summed E-state index contributed by atoms with van der Waals surface area (Å²) in [6.07, 6.45) is -3.47. The topological polar surface area (TPSA) is 75.6 Å². The van der Waals surface area contributed by atoms with Gasteiger partial charge in [0, 0.05) is 23.3 Å². The third-order valence-electron chi connectivity index (χ3n) is 3.05. The first kappa shape index (κ1) is 20.9. The minimum absolute atomic E-state index is 0.121. The fourth-order valence-electron chi connectivity index (χ4n) is 1.89. The van der Waals surface area contributed by atoms with Crippen LogP contribution < -0.4 is 9.84 Å². The van der Waals surface area contributed by atoms with Crippen LogP contribution in [0.2, 0.25) is 0 Å². The molecule has 0 saturated carbocycles. The Kier molecular flexibility index (Phi) is 7.23. The van der Waals surface area contributed by atoms with E-state index in [1.807, 2.05) is 12.1 Å². The number of carbonyl (C=O) groups is 1. The summed E-state index contributed by atoms with van der Waals surface area (Å²) >= 11 is 4.69. The first-order valence-electron chi connectivity index (χ1n) is 7.26. The highest BCUT2D eigenvalue weighted by molar-refractivity contribution is 9.10. The molecule has 1 amide bonds. The third kappa shape index (κ3) is 6.09. The SMILES string of the molecule is CC(=O)Nc1ccc(SCc2ccc(OP(=O)(O)C(F)F)c(Br)c2)cc1. The van der Waals surface area contributed by atoms with Crippen molar-refractivity contribution in [3.8, 4) is 5.75 Å². The van der Waals surface area contributed by atoms with Crippen molar-refractivity contribution in [3.05, 3.63) is 52.5 Å². The Morgan fingerprint density at radius 3 is 2.50 bits per heavy atom.